The summed E-state index contributed by atoms with van der Waals surface area (Å²) >= 11 is 0. The van der Waals surface area contributed by atoms with E-state index in [2.05, 4.69) is 9.67 Å². The number of benzene rings is 2. The predicted octanol–water partition coefficient (Wildman–Crippen LogP) is -0.424. The molecule has 3 aromatic rings. The van der Waals surface area contributed by atoms with Crippen molar-refractivity contribution >= 4 is 11.7 Å². The van der Waals surface area contributed by atoms with Crippen LogP contribution in [0.25, 0.3) is 0 Å². The summed E-state index contributed by atoms with van der Waals surface area (Å²) in [7, 11) is 0. The van der Waals surface area contributed by atoms with Crippen molar-refractivity contribution in [1.29, 1.82) is 0 Å². The number of Topliss-reactive ketones (excluding diaryl/α,β-unsaturated/α-hetero) is 1. The molecule has 162 valence electrons. The maximum atomic E-state index is 13.1. The first-order chi connectivity index (χ1) is 14.5. The normalized spacial score (nSPS) is 18.4. The smallest absolute Gasteiger partial charge is 0.266 e. The third kappa shape index (κ3) is 4.32. The third-order valence-electron chi connectivity index (χ3n) is 6.27. The molecule has 0 radical (unpaired) electrons. The van der Waals surface area contributed by atoms with Crippen molar-refractivity contribution in [2.75, 3.05) is 0 Å². The topological polar surface area (TPSA) is 81.9 Å². The largest absolute Gasteiger partial charge is 1.00 e. The van der Waals surface area contributed by atoms with Crippen LogP contribution in [-0.4, -0.2) is 21.4 Å². The van der Waals surface area contributed by atoms with Crippen LogP contribution >= 0.6 is 0 Å². The van der Waals surface area contributed by atoms with Crippen LogP contribution in [0.4, 0.5) is 0 Å². The highest BCUT2D eigenvalue weighted by Crippen LogP contribution is 2.49. The number of hydrogen-bond donors (Lipinski definition) is 1. The molecule has 31 heavy (non-hydrogen) atoms. The van der Waals surface area contributed by atoms with Crippen LogP contribution in [0, 0.1) is 5.92 Å². The van der Waals surface area contributed by atoms with Gasteiger partial charge in [-0.15, -0.1) is 4.68 Å². The summed E-state index contributed by atoms with van der Waals surface area (Å²) in [5.74, 6) is -0.188. The van der Waals surface area contributed by atoms with E-state index in [-0.39, 0.29) is 47.2 Å². The quantitative estimate of drug-likeness (QED) is 0.464. The lowest BCUT2D eigenvalue weighted by atomic mass is 9.64. The molecule has 2 atom stereocenters. The highest BCUT2D eigenvalue weighted by atomic mass is 79.9. The second-order valence-corrected chi connectivity index (χ2v) is 8.16. The summed E-state index contributed by atoms with van der Waals surface area (Å²) < 4.78 is 3.72. The molecular weight excluding hydrogens is 456 g/mol. The molecule has 6 nitrogen and oxygen atoms in total. The van der Waals surface area contributed by atoms with Gasteiger partial charge in [-0.25, -0.2) is 4.57 Å². The zero-order valence-corrected chi connectivity index (χ0v) is 19.1. The minimum absolute atomic E-state index is 0. The van der Waals surface area contributed by atoms with Gasteiger partial charge in [0.05, 0.1) is 0 Å². The number of hydrogen-bond acceptors (Lipinski definition) is 3. The third-order valence-corrected chi connectivity index (χ3v) is 6.27. The number of primary amides is 1. The van der Waals surface area contributed by atoms with Crippen molar-refractivity contribution in [3.8, 4) is 0 Å². The molecule has 1 fully saturated rings. The van der Waals surface area contributed by atoms with E-state index in [0.717, 1.165) is 30.4 Å². The summed E-state index contributed by atoms with van der Waals surface area (Å²) in [4.78, 5) is 24.5. The van der Waals surface area contributed by atoms with Crippen molar-refractivity contribution in [2.45, 2.75) is 44.2 Å². The molecule has 7 heteroatoms. The average molecular weight is 483 g/mol. The molecule has 0 bridgehead atoms. The van der Waals surface area contributed by atoms with Gasteiger partial charge in [-0.3, -0.25) is 9.59 Å². The number of carbonyl (C=O) groups excluding carboxylic acids is 2. The summed E-state index contributed by atoms with van der Waals surface area (Å²) in [6.45, 7) is 1.82. The molecule has 1 amide bonds. The van der Waals surface area contributed by atoms with E-state index < -0.39 is 5.41 Å². The Balaban J connectivity index is 0.00000272. The van der Waals surface area contributed by atoms with Crippen LogP contribution in [0.3, 0.4) is 0 Å². The molecule has 2 N–H and O–H groups in total. The lowest BCUT2D eigenvalue weighted by molar-refractivity contribution is -0.740. The molecule has 1 aliphatic rings. The standard InChI is InChI=1S/C24H26N4O2.BrH/c1-18(29)15-28-17-27(16-26-28)22-13-12-21(14-22)24(23(25)30,19-8-4-2-5-9-19)20-10-6-3-7-11-20;/h2-11,16-17,21-22H,12-15H2,1H3,(H-,25,30);1H/t21-,22+;/m0./s1. The van der Waals surface area contributed by atoms with Crippen LogP contribution in [0.15, 0.2) is 73.3 Å². The number of halogens is 1. The minimum Gasteiger partial charge on any atom is -1.00 e. The number of carbonyl (C=O) groups is 2. The lowest BCUT2D eigenvalue weighted by Gasteiger charge is -2.37. The maximum absolute atomic E-state index is 13.1. The Morgan fingerprint density at radius 3 is 2.16 bits per heavy atom. The predicted molar refractivity (Wildman–Crippen MR) is 112 cm³/mol. The zero-order chi connectivity index (χ0) is 21.1. The van der Waals surface area contributed by atoms with Crippen molar-refractivity contribution in [3.05, 3.63) is 84.4 Å². The number of nitrogens with zero attached hydrogens (tertiary/aromatic N) is 3. The fourth-order valence-corrected chi connectivity index (χ4v) is 4.99. The number of rotatable bonds is 7. The van der Waals surface area contributed by atoms with Gasteiger partial charge in [0.25, 0.3) is 6.33 Å². The summed E-state index contributed by atoms with van der Waals surface area (Å²) in [5.41, 5.74) is 7.15. The molecule has 0 aliphatic heterocycles. The highest BCUT2D eigenvalue weighted by molar-refractivity contribution is 5.91. The van der Waals surface area contributed by atoms with Gasteiger partial charge in [0.15, 0.2) is 12.3 Å². The Labute approximate surface area is 192 Å². The Kier molecular flexibility index (Phi) is 7.05. The number of amides is 1. The molecule has 0 unspecified atom stereocenters. The zero-order valence-electron chi connectivity index (χ0n) is 17.5. The van der Waals surface area contributed by atoms with Gasteiger partial charge < -0.3 is 22.7 Å². The van der Waals surface area contributed by atoms with E-state index in [1.54, 1.807) is 17.9 Å². The molecule has 0 saturated heterocycles. The van der Waals surface area contributed by atoms with Gasteiger partial charge >= 0.3 is 0 Å². The highest BCUT2D eigenvalue weighted by Gasteiger charge is 2.50. The van der Waals surface area contributed by atoms with Crippen LogP contribution in [-0.2, 0) is 21.5 Å². The second-order valence-electron chi connectivity index (χ2n) is 8.16. The Bertz CT molecular complexity index is 997. The van der Waals surface area contributed by atoms with E-state index in [0.29, 0.717) is 0 Å². The molecule has 1 heterocycles. The average Bonchev–Trinajstić information content (AvgIpc) is 3.40. The molecule has 1 aromatic heterocycles. The Morgan fingerprint density at radius 2 is 1.65 bits per heavy atom. The van der Waals surface area contributed by atoms with Crippen molar-refractivity contribution < 1.29 is 31.3 Å². The van der Waals surface area contributed by atoms with Gasteiger partial charge in [0, 0.05) is 0 Å². The fourth-order valence-electron chi connectivity index (χ4n) is 4.99. The van der Waals surface area contributed by atoms with E-state index in [4.69, 9.17) is 5.73 Å². The molecule has 1 saturated carbocycles. The van der Waals surface area contributed by atoms with Crippen LogP contribution in [0.5, 0.6) is 0 Å². The van der Waals surface area contributed by atoms with Crippen molar-refractivity contribution in [3.63, 3.8) is 0 Å². The first-order valence-electron chi connectivity index (χ1n) is 10.4. The Morgan fingerprint density at radius 1 is 1.06 bits per heavy atom. The summed E-state index contributed by atoms with van der Waals surface area (Å²) in [5, 5.41) is 4.31. The van der Waals surface area contributed by atoms with Gasteiger partial charge in [-0.2, -0.15) is 0 Å². The van der Waals surface area contributed by atoms with Crippen LogP contribution < -0.4 is 27.4 Å². The SMILES string of the molecule is CC(=O)C[n+]1cn([C@@H]2CC[C@H](C(C(N)=O)(c3ccccc3)c3ccccc3)C2)cn1.[Br-]. The summed E-state index contributed by atoms with van der Waals surface area (Å²) in [6.07, 6.45) is 6.26. The van der Waals surface area contributed by atoms with Crippen LogP contribution in [0.1, 0.15) is 43.4 Å². The second kappa shape index (κ2) is 9.56. The fraction of sp³-hybridized carbons (Fsp3) is 0.333. The lowest BCUT2D eigenvalue weighted by Crippen LogP contribution is -3.00. The first-order valence-corrected chi connectivity index (χ1v) is 10.4. The molecule has 2 aromatic carbocycles. The van der Waals surface area contributed by atoms with E-state index in [1.165, 1.54) is 0 Å². The van der Waals surface area contributed by atoms with E-state index in [1.807, 2.05) is 67.0 Å². The monoisotopic (exact) mass is 482 g/mol. The van der Waals surface area contributed by atoms with Gasteiger partial charge in [0.1, 0.15) is 11.5 Å². The molecule has 1 aliphatic carbocycles. The van der Waals surface area contributed by atoms with Gasteiger partial charge in [-0.05, 0) is 48.3 Å². The van der Waals surface area contributed by atoms with E-state index in [9.17, 15) is 9.59 Å². The van der Waals surface area contributed by atoms with Gasteiger partial charge in [0.2, 0.25) is 12.2 Å². The molecular formula is C24H27BrN4O2. The summed E-state index contributed by atoms with van der Waals surface area (Å²) in [6, 6.07) is 20.0. The number of aromatic nitrogens is 3. The van der Waals surface area contributed by atoms with Crippen LogP contribution in [0.2, 0.25) is 0 Å². The van der Waals surface area contributed by atoms with Gasteiger partial charge in [-0.1, -0.05) is 60.7 Å². The first kappa shape index (κ1) is 22.9. The van der Waals surface area contributed by atoms with E-state index >= 15 is 0 Å². The maximum Gasteiger partial charge on any atom is 0.266 e. The molecule has 4 rings (SSSR count). The Hall–Kier alpha value is -2.80. The number of nitrogens with two attached hydrogens (primary N) is 1. The minimum atomic E-state index is -0.882. The van der Waals surface area contributed by atoms with Crippen molar-refractivity contribution in [2.24, 2.45) is 11.7 Å². The van der Waals surface area contributed by atoms with Crippen molar-refractivity contribution in [1.82, 2.24) is 9.67 Å². The number of ketones is 1. The molecule has 0 spiro atoms.